The van der Waals surface area contributed by atoms with Crippen LogP contribution in [0.1, 0.15) is 26.7 Å². The van der Waals surface area contributed by atoms with Crippen molar-refractivity contribution in [3.05, 3.63) is 0 Å². The first-order chi connectivity index (χ1) is 6.65. The van der Waals surface area contributed by atoms with Gasteiger partial charge in [0.25, 0.3) is 0 Å². The second-order valence-electron chi connectivity index (χ2n) is 3.78. The van der Waals surface area contributed by atoms with Crippen LogP contribution in [0.2, 0.25) is 0 Å². The van der Waals surface area contributed by atoms with Gasteiger partial charge in [-0.3, -0.25) is 4.79 Å². The molecular formula is C10H19NO3. The first-order valence-corrected chi connectivity index (χ1v) is 5.19. The van der Waals surface area contributed by atoms with Crippen LogP contribution in [-0.2, 0) is 14.3 Å². The van der Waals surface area contributed by atoms with E-state index >= 15 is 0 Å². The highest BCUT2D eigenvalue weighted by atomic mass is 16.5. The summed E-state index contributed by atoms with van der Waals surface area (Å²) in [5.41, 5.74) is 5.57. The molecule has 1 fully saturated rings. The van der Waals surface area contributed by atoms with E-state index in [1.165, 1.54) is 0 Å². The Hall–Kier alpha value is -0.610. The third kappa shape index (κ3) is 2.96. The lowest BCUT2D eigenvalue weighted by Crippen LogP contribution is -2.38. The van der Waals surface area contributed by atoms with Gasteiger partial charge in [0.05, 0.1) is 6.61 Å². The molecule has 0 amide bonds. The number of nitrogens with two attached hydrogens (primary N) is 1. The molecular weight excluding hydrogens is 182 g/mol. The second-order valence-corrected chi connectivity index (χ2v) is 3.78. The van der Waals surface area contributed by atoms with Gasteiger partial charge in [0, 0.05) is 6.61 Å². The fourth-order valence-corrected chi connectivity index (χ4v) is 1.65. The molecule has 0 saturated carbocycles. The zero-order chi connectivity index (χ0) is 10.6. The number of rotatable bonds is 1. The van der Waals surface area contributed by atoms with Crippen LogP contribution in [0.3, 0.4) is 0 Å². The smallest absolute Gasteiger partial charge is 0.325 e. The molecule has 82 valence electrons. The average Bonchev–Trinajstić information content (AvgIpc) is 2.21. The maximum absolute atomic E-state index is 11.4. The first-order valence-electron chi connectivity index (χ1n) is 5.19. The number of hydrogen-bond acceptors (Lipinski definition) is 4. The van der Waals surface area contributed by atoms with Gasteiger partial charge in [-0.15, -0.1) is 0 Å². The fourth-order valence-electron chi connectivity index (χ4n) is 1.65. The second kappa shape index (κ2) is 5.32. The predicted molar refractivity (Wildman–Crippen MR) is 52.7 cm³/mol. The van der Waals surface area contributed by atoms with Gasteiger partial charge in [0.15, 0.2) is 0 Å². The maximum atomic E-state index is 11.4. The normalized spacial score (nSPS) is 35.4. The van der Waals surface area contributed by atoms with Crippen molar-refractivity contribution >= 4 is 5.97 Å². The van der Waals surface area contributed by atoms with Crippen LogP contribution in [0.15, 0.2) is 0 Å². The molecule has 0 aliphatic carbocycles. The van der Waals surface area contributed by atoms with E-state index in [0.717, 1.165) is 12.8 Å². The van der Waals surface area contributed by atoms with Crippen LogP contribution in [0.5, 0.6) is 0 Å². The van der Waals surface area contributed by atoms with E-state index in [2.05, 4.69) is 6.92 Å². The zero-order valence-electron chi connectivity index (χ0n) is 8.86. The van der Waals surface area contributed by atoms with Crippen molar-refractivity contribution in [2.75, 3.05) is 13.2 Å². The van der Waals surface area contributed by atoms with E-state index in [1.807, 2.05) is 6.92 Å². The number of esters is 1. The lowest BCUT2D eigenvalue weighted by molar-refractivity contribution is -0.152. The van der Waals surface area contributed by atoms with E-state index in [0.29, 0.717) is 12.5 Å². The van der Waals surface area contributed by atoms with E-state index in [4.69, 9.17) is 15.2 Å². The Balaban J connectivity index is 2.59. The molecule has 1 rings (SSSR count). The van der Waals surface area contributed by atoms with Gasteiger partial charge < -0.3 is 15.2 Å². The maximum Gasteiger partial charge on any atom is 0.325 e. The summed E-state index contributed by atoms with van der Waals surface area (Å²) in [5.74, 6) is 0.0297. The highest BCUT2D eigenvalue weighted by Gasteiger charge is 2.25. The number of hydrogen-bond donors (Lipinski definition) is 1. The van der Waals surface area contributed by atoms with E-state index in [-0.39, 0.29) is 18.7 Å². The van der Waals surface area contributed by atoms with Crippen molar-refractivity contribution in [2.45, 2.75) is 38.8 Å². The molecule has 4 heteroatoms. The van der Waals surface area contributed by atoms with Crippen molar-refractivity contribution in [2.24, 2.45) is 11.7 Å². The highest BCUT2D eigenvalue weighted by Crippen LogP contribution is 2.18. The largest absolute Gasteiger partial charge is 0.461 e. The minimum absolute atomic E-state index is 0.0553. The van der Waals surface area contributed by atoms with Crippen molar-refractivity contribution < 1.29 is 14.3 Å². The molecule has 0 spiro atoms. The summed E-state index contributed by atoms with van der Waals surface area (Å²) in [7, 11) is 0. The van der Waals surface area contributed by atoms with E-state index < -0.39 is 6.04 Å². The van der Waals surface area contributed by atoms with Gasteiger partial charge in [-0.25, -0.2) is 0 Å². The van der Waals surface area contributed by atoms with Crippen molar-refractivity contribution in [1.82, 2.24) is 0 Å². The monoisotopic (exact) mass is 201 g/mol. The lowest BCUT2D eigenvalue weighted by Gasteiger charge is -2.21. The van der Waals surface area contributed by atoms with E-state index in [1.54, 1.807) is 0 Å². The molecule has 0 aromatic heterocycles. The number of cyclic esters (lactones) is 1. The molecule has 1 saturated heterocycles. The summed E-state index contributed by atoms with van der Waals surface area (Å²) in [6, 6.07) is -0.631. The molecule has 3 atom stereocenters. The van der Waals surface area contributed by atoms with Crippen LogP contribution in [-0.4, -0.2) is 31.3 Å². The van der Waals surface area contributed by atoms with Gasteiger partial charge >= 0.3 is 5.97 Å². The lowest BCUT2D eigenvalue weighted by atomic mass is 9.97. The SMILES string of the molecule is CCC1CCOCC(N)C(=O)O[C@H]1C. The third-order valence-electron chi connectivity index (χ3n) is 2.72. The number of carbonyl (C=O) groups is 1. The van der Waals surface area contributed by atoms with Crippen LogP contribution in [0, 0.1) is 5.92 Å². The Morgan fingerprint density at radius 3 is 2.93 bits per heavy atom. The van der Waals surface area contributed by atoms with Crippen molar-refractivity contribution in [1.29, 1.82) is 0 Å². The zero-order valence-corrected chi connectivity index (χ0v) is 8.86. The molecule has 1 aliphatic rings. The summed E-state index contributed by atoms with van der Waals surface area (Å²) < 4.78 is 10.5. The van der Waals surface area contributed by atoms with Crippen LogP contribution < -0.4 is 5.73 Å². The number of carbonyl (C=O) groups excluding carboxylic acids is 1. The minimum atomic E-state index is -0.631. The fraction of sp³-hybridized carbons (Fsp3) is 0.900. The van der Waals surface area contributed by atoms with Crippen LogP contribution >= 0.6 is 0 Å². The van der Waals surface area contributed by atoms with E-state index in [9.17, 15) is 4.79 Å². The predicted octanol–water partition coefficient (Wildman–Crippen LogP) is 0.692. The van der Waals surface area contributed by atoms with Crippen molar-refractivity contribution in [3.8, 4) is 0 Å². The summed E-state index contributed by atoms with van der Waals surface area (Å²) in [5, 5.41) is 0. The Labute approximate surface area is 84.7 Å². The molecule has 2 unspecified atom stereocenters. The summed E-state index contributed by atoms with van der Waals surface area (Å²) >= 11 is 0. The van der Waals surface area contributed by atoms with Gasteiger partial charge in [0.1, 0.15) is 12.1 Å². The molecule has 14 heavy (non-hydrogen) atoms. The highest BCUT2D eigenvalue weighted by molar-refractivity contribution is 5.75. The van der Waals surface area contributed by atoms with Crippen LogP contribution in [0.4, 0.5) is 0 Å². The topological polar surface area (TPSA) is 61.5 Å². The molecule has 1 heterocycles. The third-order valence-corrected chi connectivity index (χ3v) is 2.72. The Kier molecular flexibility index (Phi) is 4.35. The first kappa shape index (κ1) is 11.5. The average molecular weight is 201 g/mol. The van der Waals surface area contributed by atoms with Crippen molar-refractivity contribution in [3.63, 3.8) is 0 Å². The molecule has 4 nitrogen and oxygen atoms in total. The minimum Gasteiger partial charge on any atom is -0.461 e. The van der Waals surface area contributed by atoms with Gasteiger partial charge in [-0.2, -0.15) is 0 Å². The van der Waals surface area contributed by atoms with Gasteiger partial charge in [-0.1, -0.05) is 6.92 Å². The standard InChI is InChI=1S/C10H19NO3/c1-3-8-4-5-13-6-9(11)10(12)14-7(8)2/h7-9H,3-6,11H2,1-2H3/t7-,8?,9?/m0/s1. The molecule has 0 aromatic carbocycles. The molecule has 0 aromatic rings. The molecule has 0 bridgehead atoms. The Morgan fingerprint density at radius 2 is 2.29 bits per heavy atom. The molecule has 2 N–H and O–H groups in total. The van der Waals surface area contributed by atoms with Crippen LogP contribution in [0.25, 0.3) is 0 Å². The number of ether oxygens (including phenoxy) is 2. The quantitative estimate of drug-likeness (QED) is 0.634. The summed E-state index contributed by atoms with van der Waals surface area (Å²) in [6.45, 7) is 4.94. The summed E-state index contributed by atoms with van der Waals surface area (Å²) in [4.78, 5) is 11.4. The summed E-state index contributed by atoms with van der Waals surface area (Å²) in [6.07, 6.45) is 1.87. The Morgan fingerprint density at radius 1 is 1.57 bits per heavy atom. The van der Waals surface area contributed by atoms with Gasteiger partial charge in [-0.05, 0) is 25.7 Å². The molecule has 1 aliphatic heterocycles. The Bertz CT molecular complexity index is 196. The van der Waals surface area contributed by atoms with Gasteiger partial charge in [0.2, 0.25) is 0 Å². The molecule has 0 radical (unpaired) electrons.